The van der Waals surface area contributed by atoms with Crippen LogP contribution in [0.2, 0.25) is 5.02 Å². The van der Waals surface area contributed by atoms with E-state index < -0.39 is 0 Å². The first kappa shape index (κ1) is 13.8. The van der Waals surface area contributed by atoms with Gasteiger partial charge in [0.15, 0.2) is 0 Å². The summed E-state index contributed by atoms with van der Waals surface area (Å²) in [7, 11) is 0. The van der Waals surface area contributed by atoms with Gasteiger partial charge in [0.1, 0.15) is 0 Å². The first-order valence-corrected chi connectivity index (χ1v) is 7.38. The maximum absolute atomic E-state index is 6.37. The SMILES string of the molecule is Nc1cc(Cl)c(N2CCOCC2)cc1N1CCOCC1. The summed E-state index contributed by atoms with van der Waals surface area (Å²) in [4.78, 5) is 4.52. The van der Waals surface area contributed by atoms with E-state index in [1.54, 1.807) is 0 Å². The minimum Gasteiger partial charge on any atom is -0.397 e. The van der Waals surface area contributed by atoms with E-state index in [2.05, 4.69) is 15.9 Å². The van der Waals surface area contributed by atoms with Crippen LogP contribution in [-0.2, 0) is 9.47 Å². The van der Waals surface area contributed by atoms with Gasteiger partial charge in [0.05, 0.1) is 48.5 Å². The van der Waals surface area contributed by atoms with Crippen LogP contribution in [0.25, 0.3) is 0 Å². The van der Waals surface area contributed by atoms with E-state index in [-0.39, 0.29) is 0 Å². The van der Waals surface area contributed by atoms with E-state index in [0.29, 0.717) is 5.02 Å². The second-order valence-electron chi connectivity index (χ2n) is 5.06. The van der Waals surface area contributed by atoms with Crippen molar-refractivity contribution < 1.29 is 9.47 Å². The maximum Gasteiger partial charge on any atom is 0.0661 e. The summed E-state index contributed by atoms with van der Waals surface area (Å²) in [5.41, 5.74) is 8.97. The average molecular weight is 298 g/mol. The molecule has 3 rings (SSSR count). The summed E-state index contributed by atoms with van der Waals surface area (Å²) in [6, 6.07) is 3.96. The first-order valence-electron chi connectivity index (χ1n) is 7.00. The van der Waals surface area contributed by atoms with Crippen LogP contribution in [0.1, 0.15) is 0 Å². The van der Waals surface area contributed by atoms with Gasteiger partial charge in [-0.3, -0.25) is 0 Å². The lowest BCUT2D eigenvalue weighted by atomic mass is 10.2. The molecule has 110 valence electrons. The van der Waals surface area contributed by atoms with Gasteiger partial charge in [-0.2, -0.15) is 0 Å². The van der Waals surface area contributed by atoms with Gasteiger partial charge in [-0.25, -0.2) is 0 Å². The van der Waals surface area contributed by atoms with Crippen LogP contribution in [0.3, 0.4) is 0 Å². The molecule has 2 heterocycles. The molecule has 0 aromatic heterocycles. The quantitative estimate of drug-likeness (QED) is 0.840. The minimum atomic E-state index is 0.710. The van der Waals surface area contributed by atoms with Gasteiger partial charge in [0, 0.05) is 26.2 Å². The number of anilines is 3. The summed E-state index contributed by atoms with van der Waals surface area (Å²) >= 11 is 6.37. The summed E-state index contributed by atoms with van der Waals surface area (Å²) in [6.07, 6.45) is 0. The zero-order valence-electron chi connectivity index (χ0n) is 11.5. The fraction of sp³-hybridized carbons (Fsp3) is 0.571. The third kappa shape index (κ3) is 2.80. The van der Waals surface area contributed by atoms with Crippen molar-refractivity contribution in [3.63, 3.8) is 0 Å². The number of nitrogens with two attached hydrogens (primary N) is 1. The van der Waals surface area contributed by atoms with Gasteiger partial charge in [-0.1, -0.05) is 11.6 Å². The first-order chi connectivity index (χ1) is 9.75. The van der Waals surface area contributed by atoms with Crippen LogP contribution < -0.4 is 15.5 Å². The highest BCUT2D eigenvalue weighted by molar-refractivity contribution is 6.33. The van der Waals surface area contributed by atoms with Crippen LogP contribution in [0.5, 0.6) is 0 Å². The molecule has 6 heteroatoms. The van der Waals surface area contributed by atoms with Crippen LogP contribution in [0.15, 0.2) is 12.1 Å². The Morgan fingerprint density at radius 2 is 1.35 bits per heavy atom. The van der Waals surface area contributed by atoms with Gasteiger partial charge >= 0.3 is 0 Å². The molecular formula is C14H20ClN3O2. The topological polar surface area (TPSA) is 51.0 Å². The number of ether oxygens (including phenoxy) is 2. The summed E-state index contributed by atoms with van der Waals surface area (Å²) in [6.45, 7) is 6.45. The Hall–Kier alpha value is -1.17. The third-order valence-electron chi connectivity index (χ3n) is 3.80. The molecule has 1 aromatic carbocycles. The molecule has 1 aromatic rings. The molecule has 2 fully saturated rings. The van der Waals surface area contributed by atoms with Crippen LogP contribution in [0.4, 0.5) is 17.1 Å². The maximum atomic E-state index is 6.37. The lowest BCUT2D eigenvalue weighted by Gasteiger charge is -2.33. The Labute approximate surface area is 124 Å². The molecule has 0 aliphatic carbocycles. The van der Waals surface area contributed by atoms with Crippen LogP contribution >= 0.6 is 11.6 Å². The molecular weight excluding hydrogens is 278 g/mol. The lowest BCUT2D eigenvalue weighted by molar-refractivity contribution is 0.122. The Kier molecular flexibility index (Phi) is 4.19. The second kappa shape index (κ2) is 6.08. The molecule has 0 bridgehead atoms. The zero-order chi connectivity index (χ0) is 13.9. The number of benzene rings is 1. The fourth-order valence-electron chi connectivity index (χ4n) is 2.69. The molecule has 0 amide bonds. The van der Waals surface area contributed by atoms with Crippen molar-refractivity contribution in [3.8, 4) is 0 Å². The number of nitrogen functional groups attached to an aromatic ring is 1. The number of hydrogen-bond donors (Lipinski definition) is 1. The van der Waals surface area contributed by atoms with E-state index >= 15 is 0 Å². The van der Waals surface area contributed by atoms with E-state index in [4.69, 9.17) is 26.8 Å². The van der Waals surface area contributed by atoms with E-state index in [0.717, 1.165) is 69.7 Å². The number of halogens is 1. The van der Waals surface area contributed by atoms with Crippen molar-refractivity contribution in [2.75, 3.05) is 68.1 Å². The number of nitrogens with zero attached hydrogens (tertiary/aromatic N) is 2. The number of rotatable bonds is 2. The van der Waals surface area contributed by atoms with Crippen molar-refractivity contribution in [1.82, 2.24) is 0 Å². The third-order valence-corrected chi connectivity index (χ3v) is 4.10. The second-order valence-corrected chi connectivity index (χ2v) is 5.47. The predicted octanol–water partition coefficient (Wildman–Crippen LogP) is 1.60. The van der Waals surface area contributed by atoms with Crippen molar-refractivity contribution in [3.05, 3.63) is 17.2 Å². The summed E-state index contributed by atoms with van der Waals surface area (Å²) < 4.78 is 10.8. The largest absolute Gasteiger partial charge is 0.397 e. The standard InChI is InChI=1S/C14H20ClN3O2/c15-11-9-12(16)14(18-3-7-20-8-4-18)10-13(11)17-1-5-19-6-2-17/h9-10H,1-8,16H2. The normalized spacial score (nSPS) is 20.2. The minimum absolute atomic E-state index is 0.710. The van der Waals surface area contributed by atoms with Crippen molar-refractivity contribution in [2.24, 2.45) is 0 Å². The van der Waals surface area contributed by atoms with Crippen LogP contribution in [0, 0.1) is 0 Å². The fourth-order valence-corrected chi connectivity index (χ4v) is 2.98. The number of hydrogen-bond acceptors (Lipinski definition) is 5. The Morgan fingerprint density at radius 1 is 0.850 bits per heavy atom. The Bertz CT molecular complexity index is 432. The predicted molar refractivity (Wildman–Crippen MR) is 81.9 cm³/mol. The Balaban J connectivity index is 1.89. The molecule has 20 heavy (non-hydrogen) atoms. The smallest absolute Gasteiger partial charge is 0.0661 e. The van der Waals surface area contributed by atoms with E-state index in [9.17, 15) is 0 Å². The molecule has 0 radical (unpaired) electrons. The molecule has 5 nitrogen and oxygen atoms in total. The van der Waals surface area contributed by atoms with E-state index in [1.807, 2.05) is 6.07 Å². The average Bonchev–Trinajstić information content (AvgIpc) is 2.49. The van der Waals surface area contributed by atoms with Gasteiger partial charge in [-0.15, -0.1) is 0 Å². The molecule has 2 N–H and O–H groups in total. The highest BCUT2D eigenvalue weighted by Crippen LogP contribution is 2.36. The summed E-state index contributed by atoms with van der Waals surface area (Å²) in [5.74, 6) is 0. The molecule has 2 aliphatic heterocycles. The molecule has 0 spiro atoms. The molecule has 0 atom stereocenters. The molecule has 0 unspecified atom stereocenters. The zero-order valence-corrected chi connectivity index (χ0v) is 12.2. The highest BCUT2D eigenvalue weighted by atomic mass is 35.5. The van der Waals surface area contributed by atoms with Gasteiger partial charge in [0.2, 0.25) is 0 Å². The van der Waals surface area contributed by atoms with Crippen molar-refractivity contribution >= 4 is 28.7 Å². The van der Waals surface area contributed by atoms with Crippen LogP contribution in [-0.4, -0.2) is 52.6 Å². The molecule has 2 saturated heterocycles. The lowest BCUT2D eigenvalue weighted by Crippen LogP contribution is -2.38. The van der Waals surface area contributed by atoms with Crippen molar-refractivity contribution in [1.29, 1.82) is 0 Å². The molecule has 0 saturated carbocycles. The van der Waals surface area contributed by atoms with Gasteiger partial charge in [0.25, 0.3) is 0 Å². The highest BCUT2D eigenvalue weighted by Gasteiger charge is 2.19. The monoisotopic (exact) mass is 297 g/mol. The Morgan fingerprint density at radius 3 is 1.90 bits per heavy atom. The van der Waals surface area contributed by atoms with Crippen molar-refractivity contribution in [2.45, 2.75) is 0 Å². The number of morpholine rings is 2. The summed E-state index contributed by atoms with van der Waals surface area (Å²) in [5, 5.41) is 0.710. The van der Waals surface area contributed by atoms with Gasteiger partial charge < -0.3 is 25.0 Å². The van der Waals surface area contributed by atoms with E-state index in [1.165, 1.54) is 0 Å². The van der Waals surface area contributed by atoms with Gasteiger partial charge in [-0.05, 0) is 12.1 Å². The molecule has 2 aliphatic rings.